The van der Waals surface area contributed by atoms with Gasteiger partial charge >= 0.3 is 0 Å². The van der Waals surface area contributed by atoms with Gasteiger partial charge in [-0.2, -0.15) is 0 Å². The van der Waals surface area contributed by atoms with Crippen LogP contribution in [0.1, 0.15) is 29.3 Å². The Morgan fingerprint density at radius 3 is 2.70 bits per heavy atom. The van der Waals surface area contributed by atoms with Crippen LogP contribution >= 0.6 is 23.4 Å². The lowest BCUT2D eigenvalue weighted by Crippen LogP contribution is -2.25. The zero-order chi connectivity index (χ0) is 23.4. The van der Waals surface area contributed by atoms with Gasteiger partial charge in [0.05, 0.1) is 16.6 Å². The molecule has 1 N–H and O–H groups in total. The average Bonchev–Trinajstić information content (AvgIpc) is 2.81. The van der Waals surface area contributed by atoms with Crippen LogP contribution < -0.4 is 10.9 Å². The van der Waals surface area contributed by atoms with Crippen LogP contribution in [0.5, 0.6) is 0 Å². The van der Waals surface area contributed by atoms with Crippen LogP contribution in [0.15, 0.2) is 76.7 Å². The van der Waals surface area contributed by atoms with E-state index in [0.29, 0.717) is 44.6 Å². The van der Waals surface area contributed by atoms with Gasteiger partial charge in [-0.25, -0.2) is 9.37 Å². The van der Waals surface area contributed by atoms with Crippen LogP contribution in [0, 0.1) is 5.82 Å². The molecular formula is C25H21ClFN3O2S. The van der Waals surface area contributed by atoms with Gasteiger partial charge < -0.3 is 5.32 Å². The SMILES string of the molecule is CCCNC(=O)c1ccc2c(=O)n(-c3cccc(F)c3)c(SCc3ccccc3Cl)nc2c1. The van der Waals surface area contributed by atoms with Gasteiger partial charge in [0.15, 0.2) is 5.16 Å². The molecular weight excluding hydrogens is 461 g/mol. The second-order valence-electron chi connectivity index (χ2n) is 7.38. The third kappa shape index (κ3) is 5.10. The Labute approximate surface area is 199 Å². The minimum Gasteiger partial charge on any atom is -0.352 e. The van der Waals surface area contributed by atoms with Crippen LogP contribution in [-0.4, -0.2) is 22.0 Å². The Morgan fingerprint density at radius 2 is 1.94 bits per heavy atom. The fourth-order valence-electron chi connectivity index (χ4n) is 3.34. The van der Waals surface area contributed by atoms with E-state index in [1.807, 2.05) is 25.1 Å². The van der Waals surface area contributed by atoms with E-state index in [4.69, 9.17) is 16.6 Å². The Morgan fingerprint density at radius 1 is 1.12 bits per heavy atom. The summed E-state index contributed by atoms with van der Waals surface area (Å²) in [7, 11) is 0. The fourth-order valence-corrected chi connectivity index (χ4v) is 4.64. The summed E-state index contributed by atoms with van der Waals surface area (Å²) in [6.45, 7) is 2.53. The van der Waals surface area contributed by atoms with E-state index in [-0.39, 0.29) is 11.5 Å². The van der Waals surface area contributed by atoms with Gasteiger partial charge in [0, 0.05) is 22.9 Å². The summed E-state index contributed by atoms with van der Waals surface area (Å²) >= 11 is 7.61. The molecule has 33 heavy (non-hydrogen) atoms. The molecule has 0 fully saturated rings. The lowest BCUT2D eigenvalue weighted by Gasteiger charge is -2.14. The second-order valence-corrected chi connectivity index (χ2v) is 8.73. The Hall–Kier alpha value is -3.16. The highest BCUT2D eigenvalue weighted by Gasteiger charge is 2.16. The average molecular weight is 482 g/mol. The first-order valence-corrected chi connectivity index (χ1v) is 11.8. The predicted molar refractivity (Wildman–Crippen MR) is 131 cm³/mol. The van der Waals surface area contributed by atoms with Crippen LogP contribution in [0.25, 0.3) is 16.6 Å². The van der Waals surface area contributed by atoms with E-state index in [0.717, 1.165) is 12.0 Å². The van der Waals surface area contributed by atoms with Crippen molar-refractivity contribution >= 4 is 40.2 Å². The molecule has 0 radical (unpaired) electrons. The van der Waals surface area contributed by atoms with Gasteiger partial charge in [0.2, 0.25) is 0 Å². The molecule has 0 spiro atoms. The van der Waals surface area contributed by atoms with Crippen LogP contribution in [-0.2, 0) is 5.75 Å². The topological polar surface area (TPSA) is 64.0 Å². The highest BCUT2D eigenvalue weighted by molar-refractivity contribution is 7.98. The van der Waals surface area contributed by atoms with Crippen LogP contribution in [0.2, 0.25) is 5.02 Å². The zero-order valence-electron chi connectivity index (χ0n) is 17.8. The maximum absolute atomic E-state index is 14.0. The van der Waals surface area contributed by atoms with Crippen molar-refractivity contribution in [3.63, 3.8) is 0 Å². The smallest absolute Gasteiger partial charge is 0.266 e. The van der Waals surface area contributed by atoms with Crippen molar-refractivity contribution in [1.82, 2.24) is 14.9 Å². The summed E-state index contributed by atoms with van der Waals surface area (Å²) < 4.78 is 15.4. The maximum Gasteiger partial charge on any atom is 0.266 e. The first-order chi connectivity index (χ1) is 16.0. The van der Waals surface area contributed by atoms with Gasteiger partial charge in [-0.1, -0.05) is 54.6 Å². The highest BCUT2D eigenvalue weighted by Crippen LogP contribution is 2.28. The summed E-state index contributed by atoms with van der Waals surface area (Å²) in [6, 6.07) is 18.0. The molecule has 4 rings (SSSR count). The molecule has 0 saturated carbocycles. The van der Waals surface area contributed by atoms with Gasteiger partial charge in [0.25, 0.3) is 11.5 Å². The molecule has 3 aromatic carbocycles. The van der Waals surface area contributed by atoms with Crippen molar-refractivity contribution in [2.45, 2.75) is 24.3 Å². The lowest BCUT2D eigenvalue weighted by molar-refractivity contribution is 0.0954. The molecule has 0 unspecified atom stereocenters. The Kier molecular flexibility index (Phi) is 7.11. The molecule has 168 valence electrons. The summed E-state index contributed by atoms with van der Waals surface area (Å²) in [4.78, 5) is 30.6. The molecule has 0 atom stereocenters. The number of carbonyl (C=O) groups excluding carboxylic acids is 1. The molecule has 0 aliphatic rings. The summed E-state index contributed by atoms with van der Waals surface area (Å²) in [5.74, 6) is -0.214. The monoisotopic (exact) mass is 481 g/mol. The third-order valence-corrected chi connectivity index (χ3v) is 6.37. The number of thioether (sulfide) groups is 1. The number of halogens is 2. The first kappa shape index (κ1) is 23.0. The molecule has 1 aromatic heterocycles. The van der Waals surface area contributed by atoms with E-state index in [2.05, 4.69) is 5.32 Å². The number of hydrogen-bond donors (Lipinski definition) is 1. The molecule has 4 aromatic rings. The Balaban J connectivity index is 1.83. The van der Waals surface area contributed by atoms with Crippen molar-refractivity contribution in [3.05, 3.63) is 99.1 Å². The minimum atomic E-state index is -0.454. The molecule has 8 heteroatoms. The van der Waals surface area contributed by atoms with Crippen molar-refractivity contribution in [3.8, 4) is 5.69 Å². The van der Waals surface area contributed by atoms with E-state index in [9.17, 15) is 14.0 Å². The maximum atomic E-state index is 14.0. The number of nitrogens with zero attached hydrogens (tertiary/aromatic N) is 2. The van der Waals surface area contributed by atoms with Crippen molar-refractivity contribution < 1.29 is 9.18 Å². The van der Waals surface area contributed by atoms with Gasteiger partial charge in [-0.3, -0.25) is 14.2 Å². The van der Waals surface area contributed by atoms with Gasteiger partial charge in [0.1, 0.15) is 5.82 Å². The summed E-state index contributed by atoms with van der Waals surface area (Å²) in [5.41, 5.74) is 1.75. The predicted octanol–water partition coefficient (Wildman–Crippen LogP) is 5.61. The quantitative estimate of drug-likeness (QED) is 0.275. The van der Waals surface area contributed by atoms with E-state index >= 15 is 0 Å². The highest BCUT2D eigenvalue weighted by atomic mass is 35.5. The lowest BCUT2D eigenvalue weighted by atomic mass is 10.1. The van der Waals surface area contributed by atoms with Crippen LogP contribution in [0.4, 0.5) is 4.39 Å². The number of hydrogen-bond acceptors (Lipinski definition) is 4. The van der Waals surface area contributed by atoms with E-state index in [1.54, 1.807) is 36.4 Å². The molecule has 0 aliphatic carbocycles. The summed E-state index contributed by atoms with van der Waals surface area (Å²) in [6.07, 6.45) is 0.818. The molecule has 5 nitrogen and oxygen atoms in total. The van der Waals surface area contributed by atoms with Gasteiger partial charge in [-0.15, -0.1) is 0 Å². The molecule has 0 aliphatic heterocycles. The number of nitrogens with one attached hydrogen (secondary N) is 1. The zero-order valence-corrected chi connectivity index (χ0v) is 19.4. The number of aromatic nitrogens is 2. The summed E-state index contributed by atoms with van der Waals surface area (Å²) in [5, 5.41) is 4.16. The number of amides is 1. The van der Waals surface area contributed by atoms with E-state index < -0.39 is 5.82 Å². The van der Waals surface area contributed by atoms with Crippen LogP contribution in [0.3, 0.4) is 0 Å². The van der Waals surface area contributed by atoms with Crippen molar-refractivity contribution in [2.24, 2.45) is 0 Å². The largest absolute Gasteiger partial charge is 0.352 e. The minimum absolute atomic E-state index is 0.222. The van der Waals surface area contributed by atoms with Gasteiger partial charge in [-0.05, 0) is 54.4 Å². The molecule has 0 saturated heterocycles. The number of fused-ring (bicyclic) bond motifs is 1. The molecule has 1 heterocycles. The standard InChI is InChI=1S/C25H21ClFN3O2S/c1-2-12-28-23(31)16-10-11-20-22(13-16)29-25(33-15-17-6-3-4-9-21(17)26)30(24(20)32)19-8-5-7-18(27)14-19/h3-11,13-14H,2,12,15H2,1H3,(H,28,31). The fraction of sp³-hybridized carbons (Fsp3) is 0.160. The first-order valence-electron chi connectivity index (χ1n) is 10.4. The molecule has 1 amide bonds. The Bertz CT molecular complexity index is 1390. The number of rotatable bonds is 7. The normalized spacial score (nSPS) is 11.0. The van der Waals surface area contributed by atoms with Crippen molar-refractivity contribution in [2.75, 3.05) is 6.54 Å². The van der Waals surface area contributed by atoms with E-state index in [1.165, 1.54) is 28.5 Å². The number of carbonyl (C=O) groups is 1. The third-order valence-electron chi connectivity index (χ3n) is 5.02. The molecule has 0 bridgehead atoms. The van der Waals surface area contributed by atoms with Crippen molar-refractivity contribution in [1.29, 1.82) is 0 Å². The number of benzene rings is 3. The second kappa shape index (κ2) is 10.2.